The number of nitrogens with one attached hydrogen (secondary N) is 1. The van der Waals surface area contributed by atoms with Crippen LogP contribution in [0.5, 0.6) is 0 Å². The van der Waals surface area contributed by atoms with Crippen molar-refractivity contribution in [2.45, 2.75) is 13.1 Å². The fraction of sp³-hybridized carbons (Fsp3) is 0.227. The first kappa shape index (κ1) is 21.4. The molecule has 0 spiro atoms. The fourth-order valence-corrected chi connectivity index (χ4v) is 3.61. The molecule has 3 aromatic rings. The molecule has 0 aliphatic rings. The number of benzene rings is 2. The number of carbonyl (C=O) groups excluding carboxylic acids is 1. The largest absolute Gasteiger partial charge is 0.383 e. The van der Waals surface area contributed by atoms with E-state index in [4.69, 9.17) is 16.3 Å². The summed E-state index contributed by atoms with van der Waals surface area (Å²) in [6.07, 6.45) is 2.01. The second-order valence-electron chi connectivity index (χ2n) is 6.61. The highest BCUT2D eigenvalue weighted by Crippen LogP contribution is 2.18. The van der Waals surface area contributed by atoms with Crippen LogP contribution in [-0.4, -0.2) is 35.8 Å². The minimum absolute atomic E-state index is 0.171. The van der Waals surface area contributed by atoms with Crippen molar-refractivity contribution >= 4 is 39.2 Å². The van der Waals surface area contributed by atoms with E-state index in [-0.39, 0.29) is 6.03 Å². The molecule has 152 valence electrons. The molecule has 5 nitrogen and oxygen atoms in total. The topological polar surface area (TPSA) is 46.5 Å². The van der Waals surface area contributed by atoms with E-state index in [1.807, 2.05) is 66.9 Å². The minimum Gasteiger partial charge on any atom is -0.383 e. The molecule has 1 aromatic heterocycles. The van der Waals surface area contributed by atoms with Crippen molar-refractivity contribution in [3.63, 3.8) is 0 Å². The molecule has 29 heavy (non-hydrogen) atoms. The molecule has 0 atom stereocenters. The average Bonchev–Trinajstić information content (AvgIpc) is 3.11. The fourth-order valence-electron chi connectivity index (χ4n) is 3.00. The minimum atomic E-state index is -0.171. The molecule has 0 aliphatic heterocycles. The molecule has 3 rings (SSSR count). The molecule has 0 saturated carbocycles. The Morgan fingerprint density at radius 3 is 2.76 bits per heavy atom. The Morgan fingerprint density at radius 1 is 1.17 bits per heavy atom. The van der Waals surface area contributed by atoms with E-state index in [1.165, 1.54) is 0 Å². The molecule has 0 aliphatic carbocycles. The maximum absolute atomic E-state index is 12.9. The van der Waals surface area contributed by atoms with E-state index in [1.54, 1.807) is 12.0 Å². The number of methoxy groups -OCH3 is 1. The third-order valence-electron chi connectivity index (χ3n) is 4.45. The predicted molar refractivity (Wildman–Crippen MR) is 120 cm³/mol. The van der Waals surface area contributed by atoms with E-state index < -0.39 is 0 Å². The zero-order valence-corrected chi connectivity index (χ0v) is 18.5. The molecule has 0 radical (unpaired) electrons. The summed E-state index contributed by atoms with van der Waals surface area (Å²) in [7, 11) is 1.63. The van der Waals surface area contributed by atoms with Gasteiger partial charge in [-0.25, -0.2) is 4.79 Å². The molecule has 0 bridgehead atoms. The lowest BCUT2D eigenvalue weighted by molar-refractivity contribution is 0.152. The Hall–Kier alpha value is -2.28. The van der Waals surface area contributed by atoms with Crippen LogP contribution in [0.2, 0.25) is 5.02 Å². The van der Waals surface area contributed by atoms with Gasteiger partial charge in [-0.2, -0.15) is 0 Å². The molecular formula is C22H23BrClN3O2. The Labute approximate surface area is 184 Å². The van der Waals surface area contributed by atoms with Crippen LogP contribution in [0.3, 0.4) is 0 Å². The number of anilines is 1. The second kappa shape index (κ2) is 10.5. The van der Waals surface area contributed by atoms with Gasteiger partial charge in [0.15, 0.2) is 0 Å². The van der Waals surface area contributed by atoms with E-state index in [2.05, 4.69) is 25.8 Å². The van der Waals surface area contributed by atoms with E-state index >= 15 is 0 Å². The van der Waals surface area contributed by atoms with Crippen LogP contribution in [-0.2, 0) is 17.8 Å². The van der Waals surface area contributed by atoms with Crippen molar-refractivity contribution < 1.29 is 9.53 Å². The average molecular weight is 477 g/mol. The summed E-state index contributed by atoms with van der Waals surface area (Å²) in [6, 6.07) is 19.2. The van der Waals surface area contributed by atoms with Crippen molar-refractivity contribution in [2.24, 2.45) is 0 Å². The highest BCUT2D eigenvalue weighted by atomic mass is 79.9. The molecular weight excluding hydrogens is 454 g/mol. The summed E-state index contributed by atoms with van der Waals surface area (Å²) in [4.78, 5) is 14.6. The number of nitrogens with zero attached hydrogens (tertiary/aromatic N) is 2. The summed E-state index contributed by atoms with van der Waals surface area (Å²) in [5, 5.41) is 3.67. The van der Waals surface area contributed by atoms with Gasteiger partial charge in [0.1, 0.15) is 0 Å². The first-order chi connectivity index (χ1) is 14.0. The SMILES string of the molecule is COCCN(Cc1cccn1Cc1cccc(Cl)c1)C(=O)Nc1cccc(Br)c1. The summed E-state index contributed by atoms with van der Waals surface area (Å²) in [5.41, 5.74) is 2.88. The first-order valence-corrected chi connectivity index (χ1v) is 10.4. The number of carbonyl (C=O) groups is 1. The van der Waals surface area contributed by atoms with Crippen LogP contribution in [0.25, 0.3) is 0 Å². The van der Waals surface area contributed by atoms with Crippen molar-refractivity contribution in [1.29, 1.82) is 0 Å². The quantitative estimate of drug-likeness (QED) is 0.458. The van der Waals surface area contributed by atoms with Gasteiger partial charge in [0.05, 0.1) is 13.2 Å². The molecule has 0 unspecified atom stereocenters. The Kier molecular flexibility index (Phi) is 7.75. The van der Waals surface area contributed by atoms with Crippen LogP contribution in [0.1, 0.15) is 11.3 Å². The highest BCUT2D eigenvalue weighted by Gasteiger charge is 2.16. The highest BCUT2D eigenvalue weighted by molar-refractivity contribution is 9.10. The number of urea groups is 1. The van der Waals surface area contributed by atoms with Crippen LogP contribution < -0.4 is 5.32 Å². The predicted octanol–water partition coefficient (Wildman–Crippen LogP) is 5.63. The number of amides is 2. The maximum atomic E-state index is 12.9. The van der Waals surface area contributed by atoms with Gasteiger partial charge in [-0.1, -0.05) is 45.7 Å². The summed E-state index contributed by atoms with van der Waals surface area (Å²) < 4.78 is 8.23. The van der Waals surface area contributed by atoms with Gasteiger partial charge in [0.25, 0.3) is 0 Å². The van der Waals surface area contributed by atoms with E-state index in [0.717, 1.165) is 21.4 Å². The van der Waals surface area contributed by atoms with Gasteiger partial charge in [-0.15, -0.1) is 0 Å². The maximum Gasteiger partial charge on any atom is 0.322 e. The molecule has 1 N–H and O–H groups in total. The van der Waals surface area contributed by atoms with Gasteiger partial charge in [0.2, 0.25) is 0 Å². The standard InChI is InChI=1S/C22H23BrClN3O2/c1-29-12-11-27(22(28)25-20-8-3-6-18(23)14-20)16-21-9-4-10-26(21)15-17-5-2-7-19(24)13-17/h2-10,13-14H,11-12,15-16H2,1H3,(H,25,28). The number of halogens is 2. The van der Waals surface area contributed by atoms with Gasteiger partial charge in [-0.3, -0.25) is 0 Å². The number of aromatic nitrogens is 1. The van der Waals surface area contributed by atoms with Gasteiger partial charge in [0, 0.05) is 47.3 Å². The monoisotopic (exact) mass is 475 g/mol. The molecule has 2 aromatic carbocycles. The van der Waals surface area contributed by atoms with E-state index in [0.29, 0.717) is 31.3 Å². The molecule has 2 amide bonds. The van der Waals surface area contributed by atoms with Crippen molar-refractivity contribution in [3.05, 3.63) is 87.6 Å². The summed E-state index contributed by atoms with van der Waals surface area (Å²) >= 11 is 9.54. The lowest BCUT2D eigenvalue weighted by Crippen LogP contribution is -2.37. The van der Waals surface area contributed by atoms with Gasteiger partial charge < -0.3 is 19.5 Å². The molecule has 1 heterocycles. The number of ether oxygens (including phenoxy) is 1. The molecule has 0 fully saturated rings. The normalized spacial score (nSPS) is 10.7. The van der Waals surface area contributed by atoms with Crippen LogP contribution in [0.4, 0.5) is 10.5 Å². The number of hydrogen-bond donors (Lipinski definition) is 1. The number of rotatable bonds is 8. The summed E-state index contributed by atoms with van der Waals surface area (Å²) in [6.45, 7) is 2.10. The van der Waals surface area contributed by atoms with Crippen LogP contribution >= 0.6 is 27.5 Å². The Balaban J connectivity index is 1.73. The van der Waals surface area contributed by atoms with Crippen molar-refractivity contribution in [2.75, 3.05) is 25.6 Å². The Morgan fingerprint density at radius 2 is 2.00 bits per heavy atom. The van der Waals surface area contributed by atoms with Crippen LogP contribution in [0, 0.1) is 0 Å². The van der Waals surface area contributed by atoms with Gasteiger partial charge >= 0.3 is 6.03 Å². The van der Waals surface area contributed by atoms with Crippen molar-refractivity contribution in [1.82, 2.24) is 9.47 Å². The second-order valence-corrected chi connectivity index (χ2v) is 7.96. The zero-order chi connectivity index (χ0) is 20.6. The molecule has 0 saturated heterocycles. The third kappa shape index (κ3) is 6.35. The smallest absolute Gasteiger partial charge is 0.322 e. The lowest BCUT2D eigenvalue weighted by atomic mass is 10.2. The van der Waals surface area contributed by atoms with E-state index in [9.17, 15) is 4.79 Å². The van der Waals surface area contributed by atoms with Crippen LogP contribution in [0.15, 0.2) is 71.3 Å². The number of hydrogen-bond acceptors (Lipinski definition) is 2. The lowest BCUT2D eigenvalue weighted by Gasteiger charge is -2.24. The van der Waals surface area contributed by atoms with Gasteiger partial charge in [-0.05, 0) is 48.0 Å². The third-order valence-corrected chi connectivity index (χ3v) is 5.18. The summed E-state index contributed by atoms with van der Waals surface area (Å²) in [5.74, 6) is 0. The Bertz CT molecular complexity index is 960. The first-order valence-electron chi connectivity index (χ1n) is 9.24. The molecule has 7 heteroatoms. The zero-order valence-electron chi connectivity index (χ0n) is 16.1. The van der Waals surface area contributed by atoms with Crippen molar-refractivity contribution in [3.8, 4) is 0 Å².